The van der Waals surface area contributed by atoms with Crippen LogP contribution in [-0.2, 0) is 26.2 Å². The van der Waals surface area contributed by atoms with Gasteiger partial charge < -0.3 is 9.42 Å². The topological polar surface area (TPSA) is 116 Å². The fourth-order valence-electron chi connectivity index (χ4n) is 6.92. The van der Waals surface area contributed by atoms with Gasteiger partial charge in [0.1, 0.15) is 22.5 Å². The van der Waals surface area contributed by atoms with Gasteiger partial charge in [-0.3, -0.25) is 19.5 Å². The molecular formula is C35H42BrN5O5S. The molecule has 0 atom stereocenters. The maximum atomic E-state index is 15.0. The zero-order valence-corrected chi connectivity index (χ0v) is 29.9. The molecule has 47 heavy (non-hydrogen) atoms. The number of sulfonamides is 1. The maximum Gasteiger partial charge on any atom is 0.268 e. The Balaban J connectivity index is 1.42. The summed E-state index contributed by atoms with van der Waals surface area (Å²) >= 11 is 3.50. The number of aliphatic imine (C=N–C) groups is 1. The van der Waals surface area contributed by atoms with Gasteiger partial charge in [0.2, 0.25) is 5.91 Å². The number of aromatic nitrogens is 1. The van der Waals surface area contributed by atoms with Crippen molar-refractivity contribution in [1.29, 1.82) is 0 Å². The number of carbonyl (C=O) groups excluding carboxylic acids is 2. The third-order valence-electron chi connectivity index (χ3n) is 9.75. The molecule has 6 rings (SSSR count). The van der Waals surface area contributed by atoms with Crippen LogP contribution in [0.2, 0.25) is 0 Å². The summed E-state index contributed by atoms with van der Waals surface area (Å²) in [7, 11) is -4.37. The van der Waals surface area contributed by atoms with Crippen LogP contribution in [0.4, 0.5) is 5.88 Å². The number of halogens is 1. The van der Waals surface area contributed by atoms with Gasteiger partial charge in [0, 0.05) is 30.5 Å². The van der Waals surface area contributed by atoms with Crippen LogP contribution in [0.1, 0.15) is 83.4 Å². The third-order valence-corrected chi connectivity index (χ3v) is 12.4. The number of aryl methyl sites for hydroxylation is 1. The Bertz CT molecular complexity index is 1830. The van der Waals surface area contributed by atoms with E-state index in [4.69, 9.17) is 9.52 Å². The Morgan fingerprint density at radius 2 is 1.66 bits per heavy atom. The van der Waals surface area contributed by atoms with E-state index in [-0.39, 0.29) is 29.3 Å². The van der Waals surface area contributed by atoms with E-state index in [2.05, 4.69) is 28.0 Å². The summed E-state index contributed by atoms with van der Waals surface area (Å²) in [5.74, 6) is 0.528. The quantitative estimate of drug-likeness (QED) is 0.209. The lowest BCUT2D eigenvalue weighted by Gasteiger charge is -2.30. The molecule has 3 heterocycles. The second-order valence-electron chi connectivity index (χ2n) is 13.5. The number of amides is 2. The molecule has 250 valence electrons. The fraction of sp³-hybridized carbons (Fsp3) is 0.486. The molecule has 0 bridgehead atoms. The van der Waals surface area contributed by atoms with Gasteiger partial charge in [-0.25, -0.2) is 12.7 Å². The van der Waals surface area contributed by atoms with Crippen molar-refractivity contribution in [3.8, 4) is 11.1 Å². The lowest BCUT2D eigenvalue weighted by atomic mass is 9.92. The highest BCUT2D eigenvalue weighted by atomic mass is 79.9. The van der Waals surface area contributed by atoms with Crippen LogP contribution in [0.25, 0.3) is 11.1 Å². The van der Waals surface area contributed by atoms with E-state index in [1.165, 1.54) is 0 Å². The van der Waals surface area contributed by atoms with Crippen LogP contribution in [0.5, 0.6) is 0 Å². The van der Waals surface area contributed by atoms with Crippen LogP contribution >= 0.6 is 15.9 Å². The van der Waals surface area contributed by atoms with Crippen LogP contribution in [0.15, 0.2) is 67.4 Å². The molecule has 1 saturated carbocycles. The summed E-state index contributed by atoms with van der Waals surface area (Å²) in [6.45, 7) is 8.42. The molecule has 0 N–H and O–H groups in total. The molecule has 2 amide bonds. The second-order valence-corrected chi connectivity index (χ2v) is 16.1. The summed E-state index contributed by atoms with van der Waals surface area (Å²) in [4.78, 5) is 35.6. The van der Waals surface area contributed by atoms with Crippen molar-refractivity contribution in [3.63, 3.8) is 0 Å². The van der Waals surface area contributed by atoms with Crippen LogP contribution in [0, 0.1) is 12.3 Å². The highest BCUT2D eigenvalue weighted by Crippen LogP contribution is 2.42. The number of carbonyl (C=O) groups is 2. The van der Waals surface area contributed by atoms with Crippen LogP contribution in [-0.4, -0.2) is 59.8 Å². The molecule has 1 saturated heterocycles. The van der Waals surface area contributed by atoms with Gasteiger partial charge in [0.25, 0.3) is 21.8 Å². The first-order valence-corrected chi connectivity index (χ1v) is 18.6. The average Bonchev–Trinajstić information content (AvgIpc) is 3.80. The Morgan fingerprint density at radius 3 is 2.30 bits per heavy atom. The van der Waals surface area contributed by atoms with Crippen molar-refractivity contribution in [3.05, 3.63) is 64.3 Å². The molecular weight excluding hydrogens is 682 g/mol. The van der Waals surface area contributed by atoms with Crippen LogP contribution in [0.3, 0.4) is 0 Å². The van der Waals surface area contributed by atoms with E-state index in [0.717, 1.165) is 42.0 Å². The van der Waals surface area contributed by atoms with E-state index in [1.54, 1.807) is 36.1 Å². The third kappa shape index (κ3) is 6.03. The van der Waals surface area contributed by atoms with E-state index < -0.39 is 21.0 Å². The van der Waals surface area contributed by atoms with Gasteiger partial charge in [-0.05, 0) is 65.7 Å². The Morgan fingerprint density at radius 1 is 0.979 bits per heavy atom. The van der Waals surface area contributed by atoms with E-state index in [0.29, 0.717) is 59.5 Å². The minimum absolute atomic E-state index is 0.00880. The number of amidine groups is 1. The molecule has 0 unspecified atom stereocenters. The predicted octanol–water partition coefficient (Wildman–Crippen LogP) is 7.07. The highest BCUT2D eigenvalue weighted by Gasteiger charge is 2.51. The monoisotopic (exact) mass is 723 g/mol. The van der Waals surface area contributed by atoms with Crippen molar-refractivity contribution < 1.29 is 22.5 Å². The molecule has 3 aromatic rings. The molecule has 1 aromatic heterocycles. The summed E-state index contributed by atoms with van der Waals surface area (Å²) in [6.07, 6.45) is 6.21. The lowest BCUT2D eigenvalue weighted by molar-refractivity contribution is -0.135. The first-order valence-electron chi connectivity index (χ1n) is 16.4. The highest BCUT2D eigenvalue weighted by molar-refractivity contribution is 9.10. The minimum atomic E-state index is -4.37. The normalized spacial score (nSPS) is 18.9. The fourth-order valence-corrected chi connectivity index (χ4v) is 8.95. The standard InChI is InChI=1S/C35H42BrN5O5S/c1-5-6-17-29-37-35(18-11-12-19-35)33(43)40(29)23-41(31-30(36)24(2)38-46-31)47(44,45)28-16-10-9-15-27(28)26-14-8-7-13-25(26)22-39-21-20-34(3,4)32(39)42/h7-10,13-16H,5-6,11-12,17-23H2,1-4H3. The van der Waals surface area contributed by atoms with Crippen molar-refractivity contribution in [2.75, 3.05) is 17.5 Å². The number of anilines is 1. The van der Waals surface area contributed by atoms with Crippen molar-refractivity contribution >= 4 is 49.5 Å². The average molecular weight is 725 g/mol. The molecule has 0 radical (unpaired) electrons. The smallest absolute Gasteiger partial charge is 0.268 e. The van der Waals surface area contributed by atoms with Crippen molar-refractivity contribution in [2.24, 2.45) is 10.4 Å². The summed E-state index contributed by atoms with van der Waals surface area (Å²) < 4.78 is 37.2. The number of likely N-dealkylation sites (tertiary alicyclic amines) is 1. The summed E-state index contributed by atoms with van der Waals surface area (Å²) in [5, 5.41) is 4.05. The number of benzene rings is 2. The summed E-state index contributed by atoms with van der Waals surface area (Å²) in [6, 6.07) is 14.4. The number of hydrogen-bond acceptors (Lipinski definition) is 7. The molecule has 12 heteroatoms. The zero-order chi connectivity index (χ0) is 33.6. The number of nitrogens with zero attached hydrogens (tertiary/aromatic N) is 5. The number of rotatable bonds is 11. The first-order chi connectivity index (χ1) is 22.4. The van der Waals surface area contributed by atoms with Crippen LogP contribution < -0.4 is 4.31 Å². The van der Waals surface area contributed by atoms with Crippen molar-refractivity contribution in [2.45, 2.75) is 96.0 Å². The molecule has 2 fully saturated rings. The Labute approximate surface area is 285 Å². The molecule has 3 aliphatic rings. The molecule has 1 spiro atoms. The van der Waals surface area contributed by atoms with Gasteiger partial charge in [0.05, 0.1) is 10.6 Å². The SMILES string of the molecule is CCCCC1=NC2(CCCC2)C(=O)N1CN(c1onc(C)c1Br)S(=O)(=O)c1ccccc1-c1ccccc1CN1CCC(C)(C)C1=O. The number of unbranched alkanes of at least 4 members (excludes halogenated alkanes) is 1. The van der Waals surface area contributed by atoms with Gasteiger partial charge in [-0.15, -0.1) is 0 Å². The van der Waals surface area contributed by atoms with E-state index in [9.17, 15) is 18.0 Å². The lowest BCUT2D eigenvalue weighted by Crippen LogP contribution is -2.48. The summed E-state index contributed by atoms with van der Waals surface area (Å²) in [5.41, 5.74) is 1.28. The molecule has 1 aliphatic carbocycles. The largest absolute Gasteiger partial charge is 0.338 e. The zero-order valence-electron chi connectivity index (χ0n) is 27.5. The van der Waals surface area contributed by atoms with Crippen molar-refractivity contribution in [1.82, 2.24) is 15.0 Å². The van der Waals surface area contributed by atoms with Gasteiger partial charge >= 0.3 is 0 Å². The first kappa shape index (κ1) is 33.4. The predicted molar refractivity (Wildman–Crippen MR) is 184 cm³/mol. The molecule has 10 nitrogen and oxygen atoms in total. The van der Waals surface area contributed by atoms with E-state index >= 15 is 0 Å². The van der Waals surface area contributed by atoms with Gasteiger partial charge in [0.15, 0.2) is 0 Å². The molecule has 2 aliphatic heterocycles. The Hall–Kier alpha value is -3.51. The number of hydrogen-bond donors (Lipinski definition) is 0. The van der Waals surface area contributed by atoms with Gasteiger partial charge in [-0.1, -0.05) is 87.7 Å². The molecule has 2 aromatic carbocycles. The second kappa shape index (κ2) is 12.8. The van der Waals surface area contributed by atoms with E-state index in [1.807, 2.05) is 43.0 Å². The minimum Gasteiger partial charge on any atom is -0.338 e. The maximum absolute atomic E-state index is 15.0. The van der Waals surface area contributed by atoms with Gasteiger partial charge in [-0.2, -0.15) is 0 Å². The Kier molecular flexibility index (Phi) is 9.12.